The molecule has 0 radical (unpaired) electrons. The van der Waals surface area contributed by atoms with Crippen LogP contribution in [-0.4, -0.2) is 43.3 Å². The summed E-state index contributed by atoms with van der Waals surface area (Å²) in [6, 6.07) is -0.622. The number of hydrogen-bond acceptors (Lipinski definition) is 5. The second kappa shape index (κ2) is 22.8. The van der Waals surface area contributed by atoms with Crippen LogP contribution in [-0.2, 0) is 14.3 Å². The van der Waals surface area contributed by atoms with Crippen molar-refractivity contribution in [1.82, 2.24) is 5.32 Å². The molecule has 6 heteroatoms. The lowest BCUT2D eigenvalue weighted by atomic mass is 10.0. The number of nitrogens with one attached hydrogen (secondary N) is 1. The van der Waals surface area contributed by atoms with Gasteiger partial charge in [-0.05, 0) is 31.8 Å². The maximum Gasteiger partial charge on any atom is 0.407 e. The third-order valence-corrected chi connectivity index (χ3v) is 5.85. The molecule has 0 saturated carbocycles. The molecule has 0 saturated heterocycles. The Morgan fingerprint density at radius 2 is 1.27 bits per heavy atom. The lowest BCUT2D eigenvalue weighted by Crippen LogP contribution is -2.42. The fraction of sp³-hybridized carbons (Fsp3) is 0.917. The van der Waals surface area contributed by atoms with Gasteiger partial charge in [-0.3, -0.25) is 0 Å². The molecule has 1 amide bonds. The number of unbranched alkanes of at least 4 members (excludes halogenated alkanes) is 13. The molecule has 0 aromatic carbocycles. The largest absolute Gasteiger partial charge is 0.464 e. The van der Waals surface area contributed by atoms with E-state index in [0.29, 0.717) is 13.0 Å². The minimum absolute atomic E-state index is 0.287. The van der Waals surface area contributed by atoms with E-state index in [1.807, 2.05) is 6.26 Å². The molecule has 1 atom stereocenters. The summed E-state index contributed by atoms with van der Waals surface area (Å²) in [5, 5.41) is 2.61. The molecule has 0 aliphatic heterocycles. The van der Waals surface area contributed by atoms with E-state index in [2.05, 4.69) is 12.2 Å². The Hall–Kier alpha value is -0.910. The molecule has 0 rings (SSSR count). The number of carbonyl (C=O) groups excluding carboxylic acids is 2. The van der Waals surface area contributed by atoms with Gasteiger partial charge in [0.05, 0.1) is 13.2 Å². The van der Waals surface area contributed by atoms with E-state index in [0.717, 1.165) is 18.6 Å². The molecule has 5 nitrogen and oxygen atoms in total. The Balaban J connectivity index is 3.59. The summed E-state index contributed by atoms with van der Waals surface area (Å²) in [5.41, 5.74) is 0. The first kappa shape index (κ1) is 29.1. The third-order valence-electron chi connectivity index (χ3n) is 5.20. The van der Waals surface area contributed by atoms with Crippen molar-refractivity contribution in [1.29, 1.82) is 0 Å². The Labute approximate surface area is 189 Å². The van der Waals surface area contributed by atoms with Gasteiger partial charge < -0.3 is 14.8 Å². The molecule has 0 aliphatic rings. The summed E-state index contributed by atoms with van der Waals surface area (Å²) < 4.78 is 10.2. The summed E-state index contributed by atoms with van der Waals surface area (Å²) >= 11 is 1.64. The fourth-order valence-corrected chi connectivity index (χ4v) is 3.84. The monoisotopic (exact) mass is 445 g/mol. The highest BCUT2D eigenvalue weighted by molar-refractivity contribution is 7.98. The standard InChI is InChI=1S/C24H47NO4S/c1-4-6-7-8-9-10-11-12-13-14-15-16-17-18-20-29-23(26)22(19-21-30-3)25-24(27)28-5-2/h22H,4-21H2,1-3H3,(H,25,27). The Kier molecular flexibility index (Phi) is 22.1. The highest BCUT2D eigenvalue weighted by Crippen LogP contribution is 2.13. The third kappa shape index (κ3) is 19.1. The molecule has 178 valence electrons. The molecule has 1 unspecified atom stereocenters. The molecule has 0 spiro atoms. The van der Waals surface area contributed by atoms with E-state index in [1.54, 1.807) is 18.7 Å². The number of rotatable bonds is 21. The first-order valence-corrected chi connectivity index (χ1v) is 13.6. The minimum Gasteiger partial charge on any atom is -0.464 e. The molecule has 1 N–H and O–H groups in total. The van der Waals surface area contributed by atoms with Crippen molar-refractivity contribution < 1.29 is 19.1 Å². The zero-order valence-electron chi connectivity index (χ0n) is 19.8. The molecule has 0 bridgehead atoms. The second-order valence-corrected chi connectivity index (χ2v) is 8.95. The molecule has 0 fully saturated rings. The van der Waals surface area contributed by atoms with Crippen LogP contribution < -0.4 is 5.32 Å². The van der Waals surface area contributed by atoms with Crippen LogP contribution >= 0.6 is 11.8 Å². The summed E-state index contributed by atoms with van der Waals surface area (Å²) in [6.45, 7) is 4.72. The lowest BCUT2D eigenvalue weighted by Gasteiger charge is -2.17. The maximum atomic E-state index is 12.2. The second-order valence-electron chi connectivity index (χ2n) is 7.96. The van der Waals surface area contributed by atoms with E-state index in [1.165, 1.54) is 77.0 Å². The van der Waals surface area contributed by atoms with Crippen molar-refractivity contribution in [2.45, 2.75) is 116 Å². The molecule has 0 aliphatic carbocycles. The predicted octanol–water partition coefficient (Wildman–Crippen LogP) is 6.88. The van der Waals surface area contributed by atoms with Gasteiger partial charge >= 0.3 is 12.1 Å². The van der Waals surface area contributed by atoms with E-state index < -0.39 is 12.1 Å². The normalized spacial score (nSPS) is 11.8. The average Bonchev–Trinajstić information content (AvgIpc) is 2.73. The van der Waals surface area contributed by atoms with E-state index in [-0.39, 0.29) is 12.6 Å². The van der Waals surface area contributed by atoms with Crippen molar-refractivity contribution in [3.8, 4) is 0 Å². The Morgan fingerprint density at radius 1 is 0.767 bits per heavy atom. The predicted molar refractivity (Wildman–Crippen MR) is 128 cm³/mol. The summed E-state index contributed by atoms with van der Waals surface area (Å²) in [5.74, 6) is 0.428. The number of ether oxygens (including phenoxy) is 2. The number of carbonyl (C=O) groups is 2. The first-order valence-electron chi connectivity index (χ1n) is 12.2. The highest BCUT2D eigenvalue weighted by Gasteiger charge is 2.22. The molecule has 0 heterocycles. The average molecular weight is 446 g/mol. The van der Waals surface area contributed by atoms with Crippen LogP contribution in [0.25, 0.3) is 0 Å². The van der Waals surface area contributed by atoms with Gasteiger partial charge in [0, 0.05) is 0 Å². The number of thioether (sulfide) groups is 1. The van der Waals surface area contributed by atoms with Crippen LogP contribution in [0.4, 0.5) is 4.79 Å². The zero-order chi connectivity index (χ0) is 22.3. The molecule has 0 aromatic rings. The number of alkyl carbamates (subject to hydrolysis) is 1. The number of esters is 1. The number of hydrogen-bond donors (Lipinski definition) is 1. The highest BCUT2D eigenvalue weighted by atomic mass is 32.2. The van der Waals surface area contributed by atoms with Gasteiger partial charge in [-0.15, -0.1) is 0 Å². The van der Waals surface area contributed by atoms with Gasteiger partial charge in [0.1, 0.15) is 6.04 Å². The van der Waals surface area contributed by atoms with E-state index >= 15 is 0 Å². The maximum absolute atomic E-state index is 12.2. The zero-order valence-corrected chi connectivity index (χ0v) is 20.7. The van der Waals surface area contributed by atoms with E-state index in [9.17, 15) is 9.59 Å². The fourth-order valence-electron chi connectivity index (χ4n) is 3.37. The van der Waals surface area contributed by atoms with Crippen LogP contribution in [0.15, 0.2) is 0 Å². The summed E-state index contributed by atoms with van der Waals surface area (Å²) in [4.78, 5) is 23.8. The van der Waals surface area contributed by atoms with Crippen LogP contribution in [0.3, 0.4) is 0 Å². The lowest BCUT2D eigenvalue weighted by molar-refractivity contribution is -0.146. The smallest absolute Gasteiger partial charge is 0.407 e. The van der Waals surface area contributed by atoms with E-state index in [4.69, 9.17) is 9.47 Å². The molecule has 30 heavy (non-hydrogen) atoms. The Bertz CT molecular complexity index is 407. The summed E-state index contributed by atoms with van der Waals surface area (Å²) in [7, 11) is 0. The van der Waals surface area contributed by atoms with Crippen molar-refractivity contribution in [3.05, 3.63) is 0 Å². The van der Waals surface area contributed by atoms with Gasteiger partial charge in [-0.1, -0.05) is 90.4 Å². The van der Waals surface area contributed by atoms with Crippen LogP contribution in [0.2, 0.25) is 0 Å². The first-order chi connectivity index (χ1) is 14.7. The van der Waals surface area contributed by atoms with Crippen LogP contribution in [0.5, 0.6) is 0 Å². The van der Waals surface area contributed by atoms with Gasteiger partial charge in [0.15, 0.2) is 0 Å². The topological polar surface area (TPSA) is 64.6 Å². The molecular weight excluding hydrogens is 398 g/mol. The Morgan fingerprint density at radius 3 is 1.73 bits per heavy atom. The van der Waals surface area contributed by atoms with Crippen molar-refractivity contribution in [2.75, 3.05) is 25.2 Å². The van der Waals surface area contributed by atoms with Crippen molar-refractivity contribution in [2.24, 2.45) is 0 Å². The quantitative estimate of drug-likeness (QED) is 0.154. The van der Waals surface area contributed by atoms with Crippen molar-refractivity contribution >= 4 is 23.8 Å². The summed E-state index contributed by atoms with van der Waals surface area (Å²) in [6.07, 6.45) is 20.2. The SMILES string of the molecule is CCCCCCCCCCCCCCCCOC(=O)C(CCSC)NC(=O)OCC. The minimum atomic E-state index is -0.622. The molecular formula is C24H47NO4S. The molecule has 0 aromatic heterocycles. The van der Waals surface area contributed by atoms with Gasteiger partial charge in [-0.25, -0.2) is 9.59 Å². The number of amides is 1. The van der Waals surface area contributed by atoms with Crippen LogP contribution in [0.1, 0.15) is 110 Å². The van der Waals surface area contributed by atoms with Crippen LogP contribution in [0, 0.1) is 0 Å². The van der Waals surface area contributed by atoms with Crippen molar-refractivity contribution in [3.63, 3.8) is 0 Å². The van der Waals surface area contributed by atoms with Gasteiger partial charge in [0.25, 0.3) is 0 Å². The van der Waals surface area contributed by atoms with Gasteiger partial charge in [0.2, 0.25) is 0 Å². The van der Waals surface area contributed by atoms with Gasteiger partial charge in [-0.2, -0.15) is 11.8 Å².